The van der Waals surface area contributed by atoms with Crippen LogP contribution >= 0.6 is 0 Å². The average molecular weight is 278 g/mol. The molecule has 0 radical (unpaired) electrons. The highest BCUT2D eigenvalue weighted by Crippen LogP contribution is 2.45. The molecule has 1 heterocycles. The van der Waals surface area contributed by atoms with Gasteiger partial charge in [-0.2, -0.15) is 0 Å². The van der Waals surface area contributed by atoms with Crippen LogP contribution in [-0.4, -0.2) is 35.8 Å². The van der Waals surface area contributed by atoms with Crippen molar-refractivity contribution >= 4 is 11.8 Å². The predicted molar refractivity (Wildman–Crippen MR) is 77.0 cm³/mol. The molecule has 20 heavy (non-hydrogen) atoms. The Labute approximate surface area is 121 Å². The van der Waals surface area contributed by atoms with Crippen LogP contribution in [0.5, 0.6) is 0 Å². The highest BCUT2D eigenvalue weighted by molar-refractivity contribution is 5.90. The lowest BCUT2D eigenvalue weighted by Crippen LogP contribution is -2.50. The number of carbonyl (C=O) groups excluding carboxylic acids is 2. The van der Waals surface area contributed by atoms with E-state index in [1.54, 1.807) is 0 Å². The van der Waals surface area contributed by atoms with Gasteiger partial charge in [-0.1, -0.05) is 26.2 Å². The van der Waals surface area contributed by atoms with Crippen LogP contribution in [0.25, 0.3) is 0 Å². The van der Waals surface area contributed by atoms with Crippen LogP contribution < -0.4 is 5.32 Å². The fourth-order valence-corrected chi connectivity index (χ4v) is 3.63. The van der Waals surface area contributed by atoms with Crippen molar-refractivity contribution < 1.29 is 9.59 Å². The second kappa shape index (κ2) is 5.38. The maximum atomic E-state index is 12.8. The molecule has 1 N–H and O–H groups in total. The van der Waals surface area contributed by atoms with Crippen molar-refractivity contribution in [3.63, 3.8) is 0 Å². The zero-order chi connectivity index (χ0) is 14.2. The Morgan fingerprint density at radius 3 is 2.55 bits per heavy atom. The van der Waals surface area contributed by atoms with E-state index in [1.807, 2.05) is 4.90 Å². The Hall–Kier alpha value is -1.06. The highest BCUT2D eigenvalue weighted by atomic mass is 16.2. The summed E-state index contributed by atoms with van der Waals surface area (Å²) in [6, 6.07) is -0.257. The van der Waals surface area contributed by atoms with Crippen molar-refractivity contribution in [2.24, 2.45) is 11.3 Å². The van der Waals surface area contributed by atoms with E-state index < -0.39 is 0 Å². The molecule has 0 aromatic rings. The molecule has 0 aromatic heterocycles. The smallest absolute Gasteiger partial charge is 0.245 e. The Kier molecular flexibility index (Phi) is 3.74. The first-order valence-corrected chi connectivity index (χ1v) is 8.16. The van der Waals surface area contributed by atoms with Crippen molar-refractivity contribution in [1.82, 2.24) is 10.2 Å². The van der Waals surface area contributed by atoms with E-state index in [0.29, 0.717) is 24.3 Å². The molecule has 112 valence electrons. The van der Waals surface area contributed by atoms with Gasteiger partial charge in [0.05, 0.1) is 0 Å². The number of nitrogens with zero attached hydrogens (tertiary/aromatic N) is 1. The second-order valence-electron chi connectivity index (χ2n) is 7.26. The fourth-order valence-electron chi connectivity index (χ4n) is 3.63. The van der Waals surface area contributed by atoms with E-state index in [0.717, 1.165) is 19.4 Å². The van der Waals surface area contributed by atoms with E-state index in [-0.39, 0.29) is 17.9 Å². The maximum Gasteiger partial charge on any atom is 0.245 e. The summed E-state index contributed by atoms with van der Waals surface area (Å²) in [5, 5.41) is 3.00. The zero-order valence-corrected chi connectivity index (χ0v) is 12.5. The van der Waals surface area contributed by atoms with Gasteiger partial charge >= 0.3 is 0 Å². The summed E-state index contributed by atoms with van der Waals surface area (Å²) in [5.74, 6) is 0.584. The molecule has 1 atom stereocenters. The molecule has 3 fully saturated rings. The first-order chi connectivity index (χ1) is 9.57. The minimum Gasteiger partial charge on any atom is -0.344 e. The fraction of sp³-hybridized carbons (Fsp3) is 0.875. The molecule has 2 aliphatic carbocycles. The van der Waals surface area contributed by atoms with E-state index in [4.69, 9.17) is 0 Å². The Morgan fingerprint density at radius 2 is 1.90 bits per heavy atom. The third-order valence-electron chi connectivity index (χ3n) is 5.30. The molecule has 2 amide bonds. The highest BCUT2D eigenvalue weighted by Gasteiger charge is 2.43. The summed E-state index contributed by atoms with van der Waals surface area (Å²) in [5.41, 5.74) is 0.320. The first-order valence-electron chi connectivity index (χ1n) is 8.16. The lowest BCUT2D eigenvalue weighted by molar-refractivity contribution is -0.136. The van der Waals surface area contributed by atoms with Crippen molar-refractivity contribution in [3.8, 4) is 0 Å². The first kappa shape index (κ1) is 13.9. The van der Waals surface area contributed by atoms with Crippen molar-refractivity contribution in [2.45, 2.75) is 64.3 Å². The van der Waals surface area contributed by atoms with Gasteiger partial charge in [0.1, 0.15) is 6.04 Å². The molecule has 4 nitrogen and oxygen atoms in total. The Balaban J connectivity index is 1.72. The van der Waals surface area contributed by atoms with Crippen LogP contribution in [0.2, 0.25) is 0 Å². The molecule has 1 aliphatic heterocycles. The van der Waals surface area contributed by atoms with Gasteiger partial charge in [0, 0.05) is 19.5 Å². The van der Waals surface area contributed by atoms with Crippen molar-refractivity contribution in [3.05, 3.63) is 0 Å². The summed E-state index contributed by atoms with van der Waals surface area (Å²) in [6.07, 6.45) is 8.73. The zero-order valence-electron chi connectivity index (χ0n) is 12.5. The number of carbonyl (C=O) groups is 2. The standard InChI is InChI=1S/C16H26N2O2/c1-16(8-9-16)11-18-10-7-13(19)17-14(15(18)20)12-5-3-2-4-6-12/h12,14H,2-11H2,1H3,(H,17,19). The number of rotatable bonds is 3. The van der Waals surface area contributed by atoms with Gasteiger partial charge in [-0.15, -0.1) is 0 Å². The molecule has 1 unspecified atom stereocenters. The van der Waals surface area contributed by atoms with E-state index >= 15 is 0 Å². The van der Waals surface area contributed by atoms with E-state index in [1.165, 1.54) is 32.1 Å². The van der Waals surface area contributed by atoms with Crippen molar-refractivity contribution in [1.29, 1.82) is 0 Å². The van der Waals surface area contributed by atoms with E-state index in [2.05, 4.69) is 12.2 Å². The van der Waals surface area contributed by atoms with Crippen LogP contribution in [-0.2, 0) is 9.59 Å². The minimum absolute atomic E-state index is 0.0531. The predicted octanol–water partition coefficient (Wildman–Crippen LogP) is 2.08. The van der Waals surface area contributed by atoms with Gasteiger partial charge in [-0.25, -0.2) is 0 Å². The summed E-state index contributed by atoms with van der Waals surface area (Å²) >= 11 is 0. The topological polar surface area (TPSA) is 49.4 Å². The third-order valence-corrected chi connectivity index (χ3v) is 5.30. The largest absolute Gasteiger partial charge is 0.344 e. The van der Waals surface area contributed by atoms with Crippen LogP contribution in [0.3, 0.4) is 0 Å². The number of nitrogens with one attached hydrogen (secondary N) is 1. The minimum atomic E-state index is -0.257. The quantitative estimate of drug-likeness (QED) is 0.859. The monoisotopic (exact) mass is 278 g/mol. The summed E-state index contributed by atoms with van der Waals surface area (Å²) in [6.45, 7) is 3.68. The molecule has 2 saturated carbocycles. The van der Waals surface area contributed by atoms with Crippen molar-refractivity contribution in [2.75, 3.05) is 13.1 Å². The average Bonchev–Trinajstić information content (AvgIpc) is 3.20. The molecular weight excluding hydrogens is 252 g/mol. The summed E-state index contributed by atoms with van der Waals surface area (Å²) < 4.78 is 0. The number of hydrogen-bond donors (Lipinski definition) is 1. The third kappa shape index (κ3) is 2.99. The summed E-state index contributed by atoms with van der Waals surface area (Å²) in [4.78, 5) is 26.7. The van der Waals surface area contributed by atoms with Gasteiger partial charge in [-0.3, -0.25) is 9.59 Å². The molecule has 0 spiro atoms. The number of hydrogen-bond acceptors (Lipinski definition) is 2. The lowest BCUT2D eigenvalue weighted by Gasteiger charge is -2.32. The van der Waals surface area contributed by atoms with Crippen LogP contribution in [0, 0.1) is 11.3 Å². The molecule has 0 bridgehead atoms. The molecule has 0 aromatic carbocycles. The van der Waals surface area contributed by atoms with Gasteiger partial charge in [-0.05, 0) is 37.0 Å². The second-order valence-corrected chi connectivity index (χ2v) is 7.26. The number of amides is 2. The molecule has 3 rings (SSSR count). The van der Waals surface area contributed by atoms with Gasteiger partial charge in [0.2, 0.25) is 11.8 Å². The Bertz CT molecular complexity index is 397. The SMILES string of the molecule is CC1(CN2CCC(=O)NC(C3CCCCC3)C2=O)CC1. The molecular formula is C16H26N2O2. The van der Waals surface area contributed by atoms with Gasteiger partial charge in [0.15, 0.2) is 0 Å². The van der Waals surface area contributed by atoms with E-state index in [9.17, 15) is 9.59 Å². The van der Waals surface area contributed by atoms with Gasteiger partial charge < -0.3 is 10.2 Å². The van der Waals surface area contributed by atoms with Gasteiger partial charge in [0.25, 0.3) is 0 Å². The Morgan fingerprint density at radius 1 is 1.20 bits per heavy atom. The van der Waals surface area contributed by atoms with Crippen LogP contribution in [0.1, 0.15) is 58.3 Å². The normalized spacial score (nSPS) is 30.9. The molecule has 3 aliphatic rings. The van der Waals surface area contributed by atoms with Crippen LogP contribution in [0.15, 0.2) is 0 Å². The maximum absolute atomic E-state index is 12.8. The molecule has 4 heteroatoms. The lowest BCUT2D eigenvalue weighted by atomic mass is 9.83. The molecule has 1 saturated heterocycles. The van der Waals surface area contributed by atoms with Crippen LogP contribution in [0.4, 0.5) is 0 Å². The summed E-state index contributed by atoms with van der Waals surface area (Å²) in [7, 11) is 0.